The van der Waals surface area contributed by atoms with Gasteiger partial charge in [0.2, 0.25) is 5.78 Å². The molecule has 1 aliphatic heterocycles. The Bertz CT molecular complexity index is 2110. The second-order valence-corrected chi connectivity index (χ2v) is 12.9. The number of para-hydroxylation sites is 1. The van der Waals surface area contributed by atoms with Crippen molar-refractivity contribution in [3.8, 4) is 17.2 Å². The van der Waals surface area contributed by atoms with E-state index in [0.717, 1.165) is 22.2 Å². The molecule has 0 radical (unpaired) electrons. The van der Waals surface area contributed by atoms with Crippen LogP contribution in [0.25, 0.3) is 17.0 Å². The van der Waals surface area contributed by atoms with E-state index in [1.807, 2.05) is 44.2 Å². The number of allylic oxidation sites excluding steroid dienone is 1. The molecular formula is C36H33N3O7. The molecule has 1 aromatic heterocycles. The molecule has 10 heteroatoms. The van der Waals surface area contributed by atoms with E-state index >= 15 is 0 Å². The number of hydrogen-bond donors (Lipinski definition) is 6. The number of ether oxygens (including phenoxy) is 1. The maximum Gasteiger partial charge on any atom is 0.268 e. The van der Waals surface area contributed by atoms with E-state index < -0.39 is 45.7 Å². The number of methoxy groups -OCH3 is 1. The standard InChI is InChI=1S/C36H33N3O7/c1-6-34(3,4)31-20(19-9-7-8-10-22(19)37-31)16-23-32(43)39-35(33(44)38-23)11-12-36(45)21-14-18(46-5)15-25(41)26(21)30(42)27-24(40)13-17(2)28(35)29(27)36/h6-10,13-16,37,40-41,45H,1,11-12H2,2-5H3,(H,38,44)(H,39,43)/b23-16-/t35-,36+/m1/s1. The molecule has 234 valence electrons. The zero-order valence-electron chi connectivity index (χ0n) is 25.8. The van der Waals surface area contributed by atoms with Gasteiger partial charge in [-0.25, -0.2) is 0 Å². The lowest BCUT2D eigenvalue weighted by atomic mass is 9.60. The quantitative estimate of drug-likeness (QED) is 0.146. The van der Waals surface area contributed by atoms with Crippen LogP contribution in [0.1, 0.15) is 76.1 Å². The first-order valence-corrected chi connectivity index (χ1v) is 14.9. The molecule has 3 aliphatic rings. The van der Waals surface area contributed by atoms with Crippen molar-refractivity contribution in [1.29, 1.82) is 0 Å². The fraction of sp³-hybridized carbons (Fsp3) is 0.250. The van der Waals surface area contributed by atoms with Gasteiger partial charge in [-0.15, -0.1) is 6.58 Å². The van der Waals surface area contributed by atoms with Gasteiger partial charge in [0, 0.05) is 44.8 Å². The number of phenolic OH excluding ortho intramolecular Hbond substituents is 2. The SMILES string of the molecule is C=CC(C)(C)c1[nH]c2ccccc2c1/C=C1\NC(=O)[C@]2(CC[C@]3(O)c4cc(OC)cc(O)c4C(=O)c4c(O)cc(C)c2c43)NC1=O. The maximum atomic E-state index is 14.3. The van der Waals surface area contributed by atoms with Crippen LogP contribution in [-0.2, 0) is 26.1 Å². The number of hydrogen-bond acceptors (Lipinski definition) is 7. The van der Waals surface area contributed by atoms with Gasteiger partial charge >= 0.3 is 0 Å². The molecule has 1 fully saturated rings. The fourth-order valence-corrected chi connectivity index (χ4v) is 7.41. The summed E-state index contributed by atoms with van der Waals surface area (Å²) in [7, 11) is 1.39. The Kier molecular flexibility index (Phi) is 6.11. The fourth-order valence-electron chi connectivity index (χ4n) is 7.41. The molecule has 6 N–H and O–H groups in total. The average Bonchev–Trinajstić information content (AvgIpc) is 3.39. The Morgan fingerprint density at radius 3 is 2.43 bits per heavy atom. The van der Waals surface area contributed by atoms with Crippen molar-refractivity contribution in [2.75, 3.05) is 7.11 Å². The molecule has 1 saturated heterocycles. The summed E-state index contributed by atoms with van der Waals surface area (Å²) in [5, 5.41) is 40.8. The smallest absolute Gasteiger partial charge is 0.268 e. The highest BCUT2D eigenvalue weighted by Crippen LogP contribution is 2.57. The van der Waals surface area contributed by atoms with Crippen molar-refractivity contribution < 1.29 is 34.4 Å². The minimum atomic E-state index is -1.88. The summed E-state index contributed by atoms with van der Waals surface area (Å²) in [5.74, 6) is -2.42. The number of carbonyl (C=O) groups excluding carboxylic acids is 3. The molecule has 0 unspecified atom stereocenters. The summed E-state index contributed by atoms with van der Waals surface area (Å²) in [6.07, 6.45) is 3.30. The number of aromatic nitrogens is 1. The minimum Gasteiger partial charge on any atom is -0.507 e. The number of aromatic amines is 1. The van der Waals surface area contributed by atoms with E-state index in [-0.39, 0.29) is 52.1 Å². The molecule has 7 rings (SSSR count). The second-order valence-electron chi connectivity index (χ2n) is 12.9. The van der Waals surface area contributed by atoms with E-state index in [2.05, 4.69) is 22.2 Å². The number of benzene rings is 3. The Labute approximate surface area is 264 Å². The number of rotatable bonds is 4. The van der Waals surface area contributed by atoms with Crippen LogP contribution in [-0.4, -0.2) is 45.0 Å². The van der Waals surface area contributed by atoms with Gasteiger partial charge < -0.3 is 35.7 Å². The van der Waals surface area contributed by atoms with Crippen molar-refractivity contribution in [3.63, 3.8) is 0 Å². The molecule has 46 heavy (non-hydrogen) atoms. The van der Waals surface area contributed by atoms with Gasteiger partial charge in [-0.1, -0.05) is 38.1 Å². The largest absolute Gasteiger partial charge is 0.507 e. The Morgan fingerprint density at radius 2 is 1.72 bits per heavy atom. The maximum absolute atomic E-state index is 14.3. The minimum absolute atomic E-state index is 0.0240. The van der Waals surface area contributed by atoms with Crippen LogP contribution < -0.4 is 15.4 Å². The number of aliphatic hydroxyl groups is 1. The Hall–Kier alpha value is -5.35. The number of piperazine rings is 1. The van der Waals surface area contributed by atoms with E-state index in [1.54, 1.807) is 13.0 Å². The molecule has 2 aliphatic carbocycles. The molecular weight excluding hydrogens is 586 g/mol. The highest BCUT2D eigenvalue weighted by molar-refractivity contribution is 6.18. The first-order valence-electron chi connectivity index (χ1n) is 14.9. The van der Waals surface area contributed by atoms with Crippen molar-refractivity contribution >= 4 is 34.6 Å². The van der Waals surface area contributed by atoms with Gasteiger partial charge in [0.15, 0.2) is 0 Å². The van der Waals surface area contributed by atoms with Crippen LogP contribution in [0.3, 0.4) is 0 Å². The Morgan fingerprint density at radius 1 is 1.00 bits per heavy atom. The van der Waals surface area contributed by atoms with Crippen molar-refractivity contribution in [2.24, 2.45) is 0 Å². The van der Waals surface area contributed by atoms with Crippen molar-refractivity contribution in [3.05, 3.63) is 105 Å². The molecule has 3 aromatic carbocycles. The molecule has 4 aromatic rings. The molecule has 2 amide bonds. The summed E-state index contributed by atoms with van der Waals surface area (Å²) in [5.41, 5.74) is -1.23. The molecule has 0 saturated carbocycles. The molecule has 0 bridgehead atoms. The van der Waals surface area contributed by atoms with Gasteiger partial charge in [0.05, 0.1) is 18.2 Å². The van der Waals surface area contributed by atoms with E-state index in [0.29, 0.717) is 5.56 Å². The number of nitrogens with one attached hydrogen (secondary N) is 3. The summed E-state index contributed by atoms with van der Waals surface area (Å²) >= 11 is 0. The highest BCUT2D eigenvalue weighted by Gasteiger charge is 2.59. The van der Waals surface area contributed by atoms with E-state index in [4.69, 9.17) is 4.74 Å². The zero-order chi connectivity index (χ0) is 32.9. The number of carbonyl (C=O) groups is 3. The summed E-state index contributed by atoms with van der Waals surface area (Å²) in [6.45, 7) is 9.62. The van der Waals surface area contributed by atoms with E-state index in [9.17, 15) is 29.7 Å². The number of ketones is 1. The lowest BCUT2D eigenvalue weighted by molar-refractivity contribution is -0.138. The van der Waals surface area contributed by atoms with Crippen molar-refractivity contribution in [1.82, 2.24) is 15.6 Å². The summed E-state index contributed by atoms with van der Waals surface area (Å²) in [6, 6.07) is 11.7. The highest BCUT2D eigenvalue weighted by atomic mass is 16.5. The lowest BCUT2D eigenvalue weighted by Crippen LogP contribution is -2.65. The molecule has 1 spiro atoms. The van der Waals surface area contributed by atoms with Crippen LogP contribution in [0.15, 0.2) is 60.8 Å². The number of amides is 2. The molecule has 2 atom stereocenters. The molecule has 2 heterocycles. The van der Waals surface area contributed by atoms with Gasteiger partial charge in [-0.05, 0) is 55.2 Å². The zero-order valence-corrected chi connectivity index (χ0v) is 25.8. The van der Waals surface area contributed by atoms with Crippen LogP contribution in [0.5, 0.6) is 17.2 Å². The lowest BCUT2D eigenvalue weighted by Gasteiger charge is -2.50. The van der Waals surface area contributed by atoms with E-state index in [1.165, 1.54) is 25.3 Å². The molecule has 10 nitrogen and oxygen atoms in total. The predicted octanol–water partition coefficient (Wildman–Crippen LogP) is 4.42. The van der Waals surface area contributed by atoms with Gasteiger partial charge in [-0.3, -0.25) is 14.4 Å². The third-order valence-electron chi connectivity index (χ3n) is 9.83. The first-order chi connectivity index (χ1) is 21.8. The number of fused-ring (bicyclic) bond motifs is 4. The number of aryl methyl sites for hydroxylation is 1. The number of phenols is 2. The van der Waals surface area contributed by atoms with Crippen LogP contribution in [0.2, 0.25) is 0 Å². The summed E-state index contributed by atoms with van der Waals surface area (Å²) < 4.78 is 5.31. The Balaban J connectivity index is 1.39. The third-order valence-corrected chi connectivity index (χ3v) is 9.83. The van der Waals surface area contributed by atoms with Crippen LogP contribution in [0, 0.1) is 6.92 Å². The third kappa shape index (κ3) is 3.76. The topological polar surface area (TPSA) is 161 Å². The van der Waals surface area contributed by atoms with Crippen LogP contribution in [0.4, 0.5) is 0 Å². The number of H-pyrrole nitrogens is 1. The predicted molar refractivity (Wildman–Crippen MR) is 171 cm³/mol. The second kappa shape index (κ2) is 9.58. The van der Waals surface area contributed by atoms with Gasteiger partial charge in [0.25, 0.3) is 11.8 Å². The van der Waals surface area contributed by atoms with Crippen molar-refractivity contribution in [2.45, 2.75) is 50.2 Å². The normalized spacial score (nSPS) is 22.8. The monoisotopic (exact) mass is 619 g/mol. The van der Waals surface area contributed by atoms with Gasteiger partial charge in [-0.2, -0.15) is 0 Å². The van der Waals surface area contributed by atoms with Gasteiger partial charge in [0.1, 0.15) is 34.1 Å². The average molecular weight is 620 g/mol. The first kappa shape index (κ1) is 29.4. The summed E-state index contributed by atoms with van der Waals surface area (Å²) in [4.78, 5) is 45.5. The number of aromatic hydroxyl groups is 2. The van der Waals surface area contributed by atoms with Crippen LogP contribution >= 0.6 is 0 Å².